The van der Waals surface area contributed by atoms with Crippen molar-refractivity contribution in [3.8, 4) is 11.1 Å². The highest BCUT2D eigenvalue weighted by atomic mass is 32.1. The summed E-state index contributed by atoms with van der Waals surface area (Å²) in [6, 6.07) is 43.6. The van der Waals surface area contributed by atoms with E-state index in [2.05, 4.69) is 237 Å². The summed E-state index contributed by atoms with van der Waals surface area (Å²) in [7, 11) is 0. The zero-order valence-electron chi connectivity index (χ0n) is 41.8. The molecule has 328 valence electrons. The zero-order valence-corrected chi connectivity index (χ0v) is 42.6. The van der Waals surface area contributed by atoms with E-state index in [4.69, 9.17) is 0 Å². The first kappa shape index (κ1) is 44.2. The maximum Gasteiger partial charge on any atom is 0.264 e. The Balaban J connectivity index is 1.45. The van der Waals surface area contributed by atoms with Crippen molar-refractivity contribution in [3.63, 3.8) is 0 Å². The summed E-state index contributed by atoms with van der Waals surface area (Å²) in [5.41, 5.74) is 22.0. The number of nitrogens with zero attached hydrogens (tertiary/aromatic N) is 2. The van der Waals surface area contributed by atoms with Gasteiger partial charge < -0.3 is 9.80 Å². The predicted octanol–water partition coefficient (Wildman–Crippen LogP) is 15.8. The zero-order chi connectivity index (χ0) is 46.2. The van der Waals surface area contributed by atoms with Gasteiger partial charge in [0, 0.05) is 43.2 Å². The molecule has 0 radical (unpaired) electrons. The van der Waals surface area contributed by atoms with Gasteiger partial charge in [-0.1, -0.05) is 170 Å². The molecule has 0 unspecified atom stereocenters. The maximum absolute atomic E-state index is 2.66. The summed E-state index contributed by atoms with van der Waals surface area (Å²) in [6.45, 7) is 39.7. The van der Waals surface area contributed by atoms with Crippen LogP contribution in [0.15, 0.2) is 109 Å². The van der Waals surface area contributed by atoms with Crippen LogP contribution in [0.3, 0.4) is 0 Å². The second-order valence-electron chi connectivity index (χ2n) is 24.2. The van der Waals surface area contributed by atoms with Crippen molar-refractivity contribution in [1.29, 1.82) is 0 Å². The Labute approximate surface area is 389 Å². The van der Waals surface area contributed by atoms with Gasteiger partial charge in [-0.3, -0.25) is 0 Å². The molecular weight excluding hydrogens is 792 g/mol. The highest BCUT2D eigenvalue weighted by Gasteiger charge is 2.47. The van der Waals surface area contributed by atoms with Gasteiger partial charge in [-0.15, -0.1) is 11.3 Å². The van der Waals surface area contributed by atoms with Crippen LogP contribution in [0.1, 0.15) is 143 Å². The smallest absolute Gasteiger partial charge is 0.264 e. The summed E-state index contributed by atoms with van der Waals surface area (Å²) < 4.78 is 2.76. The van der Waals surface area contributed by atoms with Gasteiger partial charge in [0.25, 0.3) is 6.71 Å². The lowest BCUT2D eigenvalue weighted by molar-refractivity contribution is 0.589. The molecule has 4 heteroatoms. The second-order valence-corrected chi connectivity index (χ2v) is 25.3. The summed E-state index contributed by atoms with van der Waals surface area (Å²) in [5.74, 6) is 0. The van der Waals surface area contributed by atoms with Crippen LogP contribution in [0.25, 0.3) is 21.2 Å². The molecule has 9 rings (SSSR count). The van der Waals surface area contributed by atoms with Gasteiger partial charge in [0.15, 0.2) is 0 Å². The number of hydrogen-bond donors (Lipinski definition) is 0. The van der Waals surface area contributed by atoms with Crippen LogP contribution in [0.4, 0.5) is 34.1 Å². The molecule has 6 aromatic carbocycles. The molecule has 64 heavy (non-hydrogen) atoms. The normalized spacial score (nSPS) is 14.2. The average molecular weight is 861 g/mol. The van der Waals surface area contributed by atoms with Crippen molar-refractivity contribution in [2.24, 2.45) is 0 Å². The van der Waals surface area contributed by atoms with Gasteiger partial charge in [-0.05, 0) is 140 Å². The molecule has 0 bridgehead atoms. The lowest BCUT2D eigenvalue weighted by Crippen LogP contribution is -2.60. The molecule has 0 spiro atoms. The van der Waals surface area contributed by atoms with Crippen molar-refractivity contribution in [1.82, 2.24) is 0 Å². The summed E-state index contributed by atoms with van der Waals surface area (Å²) in [4.78, 5) is 5.31. The van der Waals surface area contributed by atoms with Gasteiger partial charge in [-0.25, -0.2) is 0 Å². The minimum absolute atomic E-state index is 0.0109. The molecule has 2 aliphatic heterocycles. The van der Waals surface area contributed by atoms with Crippen molar-refractivity contribution in [2.75, 3.05) is 9.80 Å². The molecular formula is C60H69BN2S. The molecule has 0 saturated carbocycles. The van der Waals surface area contributed by atoms with Crippen LogP contribution >= 0.6 is 11.3 Å². The molecule has 1 aromatic heterocycles. The molecule has 0 amide bonds. The summed E-state index contributed by atoms with van der Waals surface area (Å²) in [6.07, 6.45) is 0. The Morgan fingerprint density at radius 2 is 0.906 bits per heavy atom. The molecule has 0 saturated heterocycles. The molecule has 7 aromatic rings. The van der Waals surface area contributed by atoms with Crippen LogP contribution < -0.4 is 25.5 Å². The standard InChI is InChI=1S/C60H69BN2S/c1-36-28-37(2)30-38(29-36)45-31-40(57(6,7)8)20-25-48(45)63-49-26-21-42(59(12,13)14)33-47(49)61-53-50(34-43(35-51(53)63)60(15,16)17)62(44-23-18-39(19-24-44)56(3,4)5)54-46-32-41(58(9,10)11)22-27-52(46)64-55(54)61/h18-35H,1-17H3. The second kappa shape index (κ2) is 14.7. The Morgan fingerprint density at radius 1 is 0.422 bits per heavy atom. The van der Waals surface area contributed by atoms with Gasteiger partial charge in [0.2, 0.25) is 0 Å². The number of rotatable bonds is 3. The molecule has 3 heterocycles. The van der Waals surface area contributed by atoms with Crippen molar-refractivity contribution < 1.29 is 0 Å². The SMILES string of the molecule is Cc1cc(C)cc(-c2cc(C(C)(C)C)ccc2N2c3ccc(C(C)(C)C)cc3B3c4sc5ccc(C(C)(C)C)cc5c4N(c4ccc(C(C)(C)C)cc4)c4cc(C(C)(C)C)cc2c43)c1. The van der Waals surface area contributed by atoms with E-state index in [0.29, 0.717) is 0 Å². The van der Waals surface area contributed by atoms with Gasteiger partial charge in [0.05, 0.1) is 11.4 Å². The highest BCUT2D eigenvalue weighted by molar-refractivity contribution is 7.33. The number of benzene rings is 6. The summed E-state index contributed by atoms with van der Waals surface area (Å²) >= 11 is 2.00. The Kier molecular flexibility index (Phi) is 10.2. The topological polar surface area (TPSA) is 6.48 Å². The Morgan fingerprint density at radius 3 is 1.47 bits per heavy atom. The minimum Gasteiger partial charge on any atom is -0.311 e. The van der Waals surface area contributed by atoms with E-state index in [1.54, 1.807) is 0 Å². The van der Waals surface area contributed by atoms with E-state index in [-0.39, 0.29) is 33.8 Å². The van der Waals surface area contributed by atoms with Crippen LogP contribution in [0.5, 0.6) is 0 Å². The van der Waals surface area contributed by atoms with Gasteiger partial charge in [-0.2, -0.15) is 0 Å². The number of fused-ring (bicyclic) bond motifs is 6. The van der Waals surface area contributed by atoms with Crippen LogP contribution in [0.2, 0.25) is 0 Å². The lowest BCUT2D eigenvalue weighted by Gasteiger charge is -2.45. The van der Waals surface area contributed by atoms with E-state index < -0.39 is 0 Å². The molecule has 2 aliphatic rings. The third-order valence-corrected chi connectivity index (χ3v) is 15.1. The average Bonchev–Trinajstić information content (AvgIpc) is 3.57. The van der Waals surface area contributed by atoms with E-state index in [9.17, 15) is 0 Å². The monoisotopic (exact) mass is 861 g/mol. The number of hydrogen-bond acceptors (Lipinski definition) is 3. The molecule has 0 atom stereocenters. The van der Waals surface area contributed by atoms with Crippen LogP contribution in [-0.4, -0.2) is 6.71 Å². The maximum atomic E-state index is 2.66. The summed E-state index contributed by atoms with van der Waals surface area (Å²) in [5, 5.41) is 1.34. The number of anilines is 6. The third kappa shape index (κ3) is 7.52. The first-order chi connectivity index (χ1) is 29.7. The van der Waals surface area contributed by atoms with Crippen LogP contribution in [-0.2, 0) is 27.1 Å². The largest absolute Gasteiger partial charge is 0.311 e. The molecule has 0 aliphatic carbocycles. The fraction of sp³-hybridized carbons (Fsp3) is 0.367. The predicted molar refractivity (Wildman–Crippen MR) is 284 cm³/mol. The molecule has 0 N–H and O–H groups in total. The fourth-order valence-electron chi connectivity index (χ4n) is 10.0. The van der Waals surface area contributed by atoms with E-state index >= 15 is 0 Å². The Hall–Kier alpha value is -5.06. The first-order valence-corrected chi connectivity index (χ1v) is 24.4. The van der Waals surface area contributed by atoms with E-state index in [1.165, 1.54) is 110 Å². The first-order valence-electron chi connectivity index (χ1n) is 23.5. The number of thiophene rings is 1. The highest BCUT2D eigenvalue weighted by Crippen LogP contribution is 2.51. The molecule has 2 nitrogen and oxygen atoms in total. The number of aryl methyl sites for hydroxylation is 2. The Bertz CT molecular complexity index is 2960. The van der Waals surface area contributed by atoms with E-state index in [1.807, 2.05) is 11.3 Å². The van der Waals surface area contributed by atoms with Crippen LogP contribution in [0, 0.1) is 13.8 Å². The quantitative estimate of drug-likeness (QED) is 0.163. The minimum atomic E-state index is -0.117. The van der Waals surface area contributed by atoms with Crippen molar-refractivity contribution in [2.45, 2.75) is 145 Å². The lowest BCUT2D eigenvalue weighted by atomic mass is 9.36. The van der Waals surface area contributed by atoms with Gasteiger partial charge >= 0.3 is 0 Å². The van der Waals surface area contributed by atoms with Crippen molar-refractivity contribution in [3.05, 3.63) is 148 Å². The van der Waals surface area contributed by atoms with E-state index in [0.717, 1.165) is 0 Å². The fourth-order valence-corrected chi connectivity index (χ4v) is 11.3. The van der Waals surface area contributed by atoms with Gasteiger partial charge in [0.1, 0.15) is 0 Å². The molecule has 0 fully saturated rings. The van der Waals surface area contributed by atoms with Crippen molar-refractivity contribution >= 4 is 78.0 Å². The third-order valence-electron chi connectivity index (χ3n) is 13.9.